The minimum atomic E-state index is -1.50. The average molecular weight is 211 g/mol. The third-order valence-corrected chi connectivity index (χ3v) is 0. The molecule has 0 spiro atoms. The molecule has 0 aromatic carbocycles. The van der Waals surface area contributed by atoms with Crippen molar-refractivity contribution in [3.63, 3.8) is 0 Å². The third-order valence-electron chi connectivity index (χ3n) is 0. The fraction of sp³-hybridized carbons (Fsp3) is 0. The molecule has 0 bridgehead atoms. The summed E-state index contributed by atoms with van der Waals surface area (Å²) in [5.74, 6) is 0. The Morgan fingerprint density at radius 1 is 0.909 bits per heavy atom. The molecule has 75 valence electrons. The first-order valence-corrected chi connectivity index (χ1v) is 0.565. The Bertz CT molecular complexity index is 36.7. The third kappa shape index (κ3) is 2070. The first kappa shape index (κ1) is 152. The van der Waals surface area contributed by atoms with E-state index in [0.29, 0.717) is 0 Å². The van der Waals surface area contributed by atoms with E-state index in [4.69, 9.17) is 15.3 Å². The first-order valence-electron chi connectivity index (χ1n) is 0.565. The molecule has 0 saturated heterocycles. The van der Waals surface area contributed by atoms with Gasteiger partial charge in [0, 0.05) is 0 Å². The number of rotatable bonds is 0. The second-order valence-corrected chi connectivity index (χ2v) is 0.238. The summed E-state index contributed by atoms with van der Waals surface area (Å²) < 4.78 is 0. The van der Waals surface area contributed by atoms with E-state index in [1.165, 1.54) is 0 Å². The van der Waals surface area contributed by atoms with Gasteiger partial charge in [0.1, 0.15) is 0 Å². The molecule has 0 amide bonds. The van der Waals surface area contributed by atoms with Crippen molar-refractivity contribution < 1.29 is 27.7 Å². The molecule has 0 fully saturated rings. The van der Waals surface area contributed by atoms with Crippen molar-refractivity contribution in [1.82, 2.24) is 0 Å². The Morgan fingerprint density at radius 3 is 0.909 bits per heavy atom. The minimum absolute atomic E-state index is 0. The molecule has 0 aliphatic carbocycles. The van der Waals surface area contributed by atoms with Crippen molar-refractivity contribution in [3.8, 4) is 0 Å². The van der Waals surface area contributed by atoms with Crippen molar-refractivity contribution in [2.24, 2.45) is 0 Å². The maximum absolute atomic E-state index is 8.36. The molecule has 0 heterocycles. The SMILES string of the molecule is O=[N+]([O-])O.[Cr+3].[NH2-].[NH2-].[NH2-].[NH2-].[NH2-].[NH2-]. The molecular formula is H13CrN7O3-3. The van der Waals surface area contributed by atoms with Crippen LogP contribution in [0.5, 0.6) is 0 Å². The van der Waals surface area contributed by atoms with Gasteiger partial charge in [0.25, 0.3) is 5.09 Å². The molecule has 13 N–H and O–H groups in total. The fourth-order valence-corrected chi connectivity index (χ4v) is 0. The van der Waals surface area contributed by atoms with Gasteiger partial charge in [0.15, 0.2) is 0 Å². The Morgan fingerprint density at radius 2 is 0.909 bits per heavy atom. The van der Waals surface area contributed by atoms with E-state index in [-0.39, 0.29) is 54.3 Å². The molecule has 10 nitrogen and oxygen atoms in total. The van der Waals surface area contributed by atoms with E-state index >= 15 is 0 Å². The van der Waals surface area contributed by atoms with E-state index < -0.39 is 5.09 Å². The molecule has 0 aromatic heterocycles. The summed E-state index contributed by atoms with van der Waals surface area (Å²) in [7, 11) is 0. The van der Waals surface area contributed by atoms with Gasteiger partial charge in [0.2, 0.25) is 0 Å². The number of hydrogen-bond acceptors (Lipinski definition) is 2. The largest absolute Gasteiger partial charge is 3.00 e. The Balaban J connectivity index is -0.00000000214. The zero-order valence-corrected chi connectivity index (χ0v) is 6.86. The predicted molar refractivity (Wildman–Crippen MR) is 40.5 cm³/mol. The molecule has 0 unspecified atom stereocenters. The second kappa shape index (κ2) is 110. The molecule has 0 aliphatic heterocycles. The van der Waals surface area contributed by atoms with Crippen LogP contribution in [0.4, 0.5) is 0 Å². The van der Waals surface area contributed by atoms with Crippen molar-refractivity contribution in [2.75, 3.05) is 0 Å². The van der Waals surface area contributed by atoms with Crippen LogP contribution in [-0.2, 0) is 17.4 Å². The minimum Gasteiger partial charge on any atom is -0.693 e. The average Bonchev–Trinajstić information content (AvgIpc) is 0.811. The van der Waals surface area contributed by atoms with Crippen molar-refractivity contribution in [2.45, 2.75) is 0 Å². The quantitative estimate of drug-likeness (QED) is 0.460. The van der Waals surface area contributed by atoms with Gasteiger partial charge in [-0.05, 0) is 0 Å². The molecule has 0 aromatic rings. The summed E-state index contributed by atoms with van der Waals surface area (Å²) in [4.78, 5) is 8.36. The van der Waals surface area contributed by atoms with Crippen LogP contribution in [0.2, 0.25) is 0 Å². The molecule has 0 saturated carbocycles. The molecule has 0 aliphatic rings. The van der Waals surface area contributed by atoms with E-state index in [9.17, 15) is 0 Å². The monoisotopic (exact) mass is 211 g/mol. The summed E-state index contributed by atoms with van der Waals surface area (Å²) in [5, 5.41) is 13.6. The summed E-state index contributed by atoms with van der Waals surface area (Å²) >= 11 is 0. The molecule has 1 radical (unpaired) electrons. The van der Waals surface area contributed by atoms with Crippen LogP contribution in [0.3, 0.4) is 0 Å². The Labute approximate surface area is 75.5 Å². The van der Waals surface area contributed by atoms with E-state index in [1.54, 1.807) is 0 Å². The van der Waals surface area contributed by atoms with E-state index in [1.807, 2.05) is 0 Å². The van der Waals surface area contributed by atoms with E-state index in [2.05, 4.69) is 0 Å². The van der Waals surface area contributed by atoms with Gasteiger partial charge in [0.05, 0.1) is 0 Å². The Kier molecular flexibility index (Phi) is 1520. The standard InChI is InChI=1S/Cr.HNO3.6H2N/c;2-1(3)4;;;;;;/h;(H,2,3,4);6*1H2/q+3;;6*-1. The molecular weight excluding hydrogens is 198 g/mol. The van der Waals surface area contributed by atoms with Gasteiger partial charge in [-0.3, -0.25) is 0 Å². The van der Waals surface area contributed by atoms with Crippen molar-refractivity contribution in [1.29, 1.82) is 0 Å². The molecule has 11 heavy (non-hydrogen) atoms. The predicted octanol–water partition coefficient (Wildman–Crippen LogP) is 3.95. The number of hydrogen-bond donors (Lipinski definition) is 1. The smallest absolute Gasteiger partial charge is 0.693 e. The summed E-state index contributed by atoms with van der Waals surface area (Å²) in [6.45, 7) is 0. The van der Waals surface area contributed by atoms with Gasteiger partial charge in [-0.25, -0.2) is 0 Å². The van der Waals surface area contributed by atoms with Gasteiger partial charge < -0.3 is 42.1 Å². The maximum atomic E-state index is 8.36. The van der Waals surface area contributed by atoms with Crippen LogP contribution in [0, 0.1) is 10.1 Å². The molecule has 11 heteroatoms. The van der Waals surface area contributed by atoms with Crippen LogP contribution < -0.4 is 0 Å². The van der Waals surface area contributed by atoms with Gasteiger partial charge in [-0.1, -0.05) is 0 Å². The van der Waals surface area contributed by atoms with Crippen LogP contribution in [0.1, 0.15) is 0 Å². The van der Waals surface area contributed by atoms with Crippen LogP contribution in [-0.4, -0.2) is 10.3 Å². The zero-order chi connectivity index (χ0) is 3.58. The summed E-state index contributed by atoms with van der Waals surface area (Å²) in [6, 6.07) is 0. The van der Waals surface area contributed by atoms with Crippen LogP contribution in [0.15, 0.2) is 0 Å². The Hall–Kier alpha value is -0.508. The summed E-state index contributed by atoms with van der Waals surface area (Å²) in [6.07, 6.45) is 0. The molecule has 0 rings (SSSR count). The van der Waals surface area contributed by atoms with Crippen LogP contribution in [0.25, 0.3) is 36.9 Å². The van der Waals surface area contributed by atoms with E-state index in [0.717, 1.165) is 0 Å². The van der Waals surface area contributed by atoms with Gasteiger partial charge in [-0.15, -0.1) is 10.1 Å². The normalized spacial score (nSPS) is 2.18. The van der Waals surface area contributed by atoms with Crippen LogP contribution >= 0.6 is 0 Å². The molecule has 0 atom stereocenters. The maximum Gasteiger partial charge on any atom is 3.00 e. The number of nitrogens with zero attached hydrogens (tertiary/aromatic N) is 1. The van der Waals surface area contributed by atoms with Crippen molar-refractivity contribution >= 4 is 0 Å². The van der Waals surface area contributed by atoms with Gasteiger partial charge >= 0.3 is 17.4 Å². The first-order chi connectivity index (χ1) is 1.73. The second-order valence-electron chi connectivity index (χ2n) is 0.238. The van der Waals surface area contributed by atoms with Crippen molar-refractivity contribution in [3.05, 3.63) is 47.0 Å². The fourth-order valence-electron chi connectivity index (χ4n) is 0. The summed E-state index contributed by atoms with van der Waals surface area (Å²) in [5.41, 5.74) is 0. The van der Waals surface area contributed by atoms with Gasteiger partial charge in [-0.2, -0.15) is 0 Å². The number of nitrogens with two attached hydrogens (primary N) is 6. The zero-order valence-electron chi connectivity index (χ0n) is 5.58. The topological polar surface area (TPSA) is 264 Å².